The molecule has 0 saturated carbocycles. The number of carbonyl (C=O) groups is 3. The molecule has 1 fully saturated rings. The molecule has 0 aliphatic carbocycles. The first-order valence-electron chi connectivity index (χ1n) is 12.8. The highest BCUT2D eigenvalue weighted by atomic mass is 127. The Labute approximate surface area is 246 Å². The summed E-state index contributed by atoms with van der Waals surface area (Å²) in [5.41, 5.74) is 3.95. The number of carbonyl (C=O) groups excluding carboxylic acids is 3. The number of rotatable bonds is 8. The molecule has 0 atom stereocenters. The van der Waals surface area contributed by atoms with Crippen molar-refractivity contribution < 1.29 is 28.7 Å². The average molecular weight is 644 g/mol. The summed E-state index contributed by atoms with van der Waals surface area (Å²) in [7, 11) is 4.37. The predicted molar refractivity (Wildman–Crippen MR) is 160 cm³/mol. The Morgan fingerprint density at radius 1 is 0.923 bits per heavy atom. The van der Waals surface area contributed by atoms with Gasteiger partial charge in [-0.05, 0) is 47.4 Å². The maximum absolute atomic E-state index is 12.7. The van der Waals surface area contributed by atoms with Gasteiger partial charge in [-0.3, -0.25) is 10.1 Å². The number of quaternary nitrogens is 1. The molecule has 0 aromatic heterocycles. The van der Waals surface area contributed by atoms with Gasteiger partial charge in [0.05, 0.1) is 38.8 Å². The van der Waals surface area contributed by atoms with E-state index in [0.29, 0.717) is 17.8 Å². The molecule has 1 heterocycles. The molecule has 1 saturated heterocycles. The van der Waals surface area contributed by atoms with E-state index in [2.05, 4.69) is 24.7 Å². The fraction of sp³-hybridized carbons (Fsp3) is 0.300. The van der Waals surface area contributed by atoms with Gasteiger partial charge in [0, 0.05) is 30.5 Å². The van der Waals surface area contributed by atoms with Crippen molar-refractivity contribution in [2.24, 2.45) is 0 Å². The number of piperidine rings is 1. The highest BCUT2D eigenvalue weighted by molar-refractivity contribution is 14.0. The van der Waals surface area contributed by atoms with Crippen LogP contribution in [0.5, 0.6) is 0 Å². The third-order valence-corrected chi connectivity index (χ3v) is 6.84. The topological polar surface area (TPSA) is 108 Å². The van der Waals surface area contributed by atoms with Crippen LogP contribution in [-0.2, 0) is 16.0 Å². The van der Waals surface area contributed by atoms with E-state index in [1.54, 1.807) is 0 Å². The maximum Gasteiger partial charge on any atom is 0.411 e. The van der Waals surface area contributed by atoms with Crippen LogP contribution in [-0.4, -0.2) is 55.7 Å². The van der Waals surface area contributed by atoms with Crippen molar-refractivity contribution in [3.8, 4) is 11.1 Å². The van der Waals surface area contributed by atoms with Gasteiger partial charge in [0.25, 0.3) is 0 Å². The minimum Gasteiger partial charge on any atom is -0.545 e. The molecule has 4 rings (SSSR count). The lowest BCUT2D eigenvalue weighted by molar-refractivity contribution is -0.896. The van der Waals surface area contributed by atoms with Gasteiger partial charge in [0.1, 0.15) is 6.10 Å². The lowest BCUT2D eigenvalue weighted by Gasteiger charge is -2.36. The Morgan fingerprint density at radius 2 is 1.59 bits per heavy atom. The van der Waals surface area contributed by atoms with E-state index >= 15 is 0 Å². The fourth-order valence-corrected chi connectivity index (χ4v) is 4.54. The molecule has 0 bridgehead atoms. The number of carboxylic acids is 1. The minimum absolute atomic E-state index is 0. The number of carboxylic acid groups (broad SMARTS) is 1. The molecule has 3 aromatic rings. The number of likely N-dealkylation sites (tertiary alicyclic amines) is 1. The molecule has 2 N–H and O–H groups in total. The number of benzene rings is 3. The molecular formula is C30H34IN3O5. The lowest BCUT2D eigenvalue weighted by atomic mass is 9.99. The summed E-state index contributed by atoms with van der Waals surface area (Å²) in [5, 5.41) is 16.6. The van der Waals surface area contributed by atoms with Crippen LogP contribution in [0, 0.1) is 0 Å². The largest absolute Gasteiger partial charge is 0.545 e. The van der Waals surface area contributed by atoms with Crippen molar-refractivity contribution >= 4 is 53.3 Å². The second kappa shape index (κ2) is 13.6. The zero-order chi connectivity index (χ0) is 27.1. The number of aryl methyl sites for hydroxylation is 1. The van der Waals surface area contributed by atoms with Crippen LogP contribution >= 0.6 is 24.0 Å². The molecule has 8 nitrogen and oxygen atoms in total. The fourth-order valence-electron chi connectivity index (χ4n) is 4.54. The summed E-state index contributed by atoms with van der Waals surface area (Å²) in [5.74, 6) is -1.45. The van der Waals surface area contributed by atoms with Crippen molar-refractivity contribution in [2.75, 3.05) is 37.8 Å². The van der Waals surface area contributed by atoms with Gasteiger partial charge >= 0.3 is 6.09 Å². The van der Waals surface area contributed by atoms with Gasteiger partial charge in [-0.2, -0.15) is 0 Å². The molecule has 3 aromatic carbocycles. The van der Waals surface area contributed by atoms with Crippen LogP contribution in [0.25, 0.3) is 11.1 Å². The third-order valence-electron chi connectivity index (χ3n) is 6.84. The van der Waals surface area contributed by atoms with E-state index < -0.39 is 12.1 Å². The molecule has 2 amide bonds. The lowest BCUT2D eigenvalue weighted by Crippen LogP contribution is -2.48. The first kappa shape index (κ1) is 30.1. The van der Waals surface area contributed by atoms with E-state index in [0.717, 1.165) is 47.1 Å². The van der Waals surface area contributed by atoms with E-state index in [1.807, 2.05) is 48.5 Å². The van der Waals surface area contributed by atoms with Gasteiger partial charge in [0.15, 0.2) is 0 Å². The van der Waals surface area contributed by atoms with Crippen molar-refractivity contribution in [1.29, 1.82) is 0 Å². The molecule has 9 heteroatoms. The van der Waals surface area contributed by atoms with Crippen LogP contribution < -0.4 is 15.7 Å². The van der Waals surface area contributed by atoms with E-state index in [1.165, 1.54) is 24.3 Å². The Balaban J connectivity index is 0.00000420. The van der Waals surface area contributed by atoms with Crippen LogP contribution in [0.15, 0.2) is 72.8 Å². The molecule has 39 heavy (non-hydrogen) atoms. The average Bonchev–Trinajstić information content (AvgIpc) is 2.90. The Bertz CT molecular complexity index is 1290. The first-order valence-corrected chi connectivity index (χ1v) is 12.8. The van der Waals surface area contributed by atoms with Crippen molar-refractivity contribution in [2.45, 2.75) is 31.8 Å². The Morgan fingerprint density at radius 3 is 2.23 bits per heavy atom. The zero-order valence-electron chi connectivity index (χ0n) is 22.1. The van der Waals surface area contributed by atoms with Gasteiger partial charge in [-0.15, -0.1) is 24.0 Å². The zero-order valence-corrected chi connectivity index (χ0v) is 24.5. The number of anilines is 2. The molecular weight excluding hydrogens is 609 g/mol. The van der Waals surface area contributed by atoms with Crippen LogP contribution in [0.4, 0.5) is 16.2 Å². The molecule has 0 radical (unpaired) electrons. The smallest absolute Gasteiger partial charge is 0.411 e. The standard InChI is InChI=1S/C30H33N3O5.HI/c1-33(2)18-16-25(17-19-33)38-30(37)32-27-14-8-21(20-26(27)22-6-4-3-5-7-22)9-15-28(34)31-24-12-10-23(11-13-24)29(35)36;/h3-8,10-14,20,25H,9,15-19H2,1-2H3,(H2-,31,32,34,35,36,37);1H. The summed E-state index contributed by atoms with van der Waals surface area (Å²) >= 11 is 0. The van der Waals surface area contributed by atoms with Crippen LogP contribution in [0.2, 0.25) is 0 Å². The van der Waals surface area contributed by atoms with Gasteiger partial charge < -0.3 is 24.4 Å². The number of hydrogen-bond acceptors (Lipinski definition) is 5. The third kappa shape index (κ3) is 8.79. The number of ether oxygens (including phenoxy) is 1. The van der Waals surface area contributed by atoms with E-state index in [4.69, 9.17) is 4.74 Å². The summed E-state index contributed by atoms with van der Waals surface area (Å²) in [6.07, 6.45) is 1.86. The van der Waals surface area contributed by atoms with Crippen LogP contribution in [0.1, 0.15) is 35.2 Å². The van der Waals surface area contributed by atoms with Crippen molar-refractivity contribution in [3.63, 3.8) is 0 Å². The number of halogens is 1. The molecule has 0 spiro atoms. The monoisotopic (exact) mass is 643 g/mol. The van der Waals surface area contributed by atoms with Gasteiger partial charge in [-0.1, -0.05) is 48.5 Å². The molecule has 1 aliphatic rings. The van der Waals surface area contributed by atoms with Crippen molar-refractivity contribution in [3.05, 3.63) is 83.9 Å². The molecule has 1 aliphatic heterocycles. The number of nitrogens with zero attached hydrogens (tertiary/aromatic N) is 1. The van der Waals surface area contributed by atoms with Crippen molar-refractivity contribution in [1.82, 2.24) is 0 Å². The Hall–Kier alpha value is -3.44. The maximum atomic E-state index is 12.7. The highest BCUT2D eigenvalue weighted by Gasteiger charge is 2.28. The number of amides is 2. The van der Waals surface area contributed by atoms with E-state index in [9.17, 15) is 19.5 Å². The quantitative estimate of drug-likeness (QED) is 0.274. The van der Waals surface area contributed by atoms with E-state index in [-0.39, 0.29) is 48.0 Å². The Kier molecular flexibility index (Phi) is 10.5. The summed E-state index contributed by atoms with van der Waals surface area (Å²) in [4.78, 5) is 36.1. The minimum atomic E-state index is -1.26. The molecule has 206 valence electrons. The van der Waals surface area contributed by atoms with Crippen LogP contribution in [0.3, 0.4) is 0 Å². The second-order valence-corrected chi connectivity index (χ2v) is 10.3. The number of aromatic carboxylic acids is 1. The first-order chi connectivity index (χ1) is 18.2. The summed E-state index contributed by atoms with van der Waals surface area (Å²) in [6, 6.07) is 21.3. The van der Waals surface area contributed by atoms with Gasteiger partial charge in [-0.25, -0.2) is 4.79 Å². The normalized spacial score (nSPS) is 14.5. The highest BCUT2D eigenvalue weighted by Crippen LogP contribution is 2.30. The van der Waals surface area contributed by atoms with Gasteiger partial charge in [0.2, 0.25) is 5.91 Å². The number of hydrogen-bond donors (Lipinski definition) is 2. The summed E-state index contributed by atoms with van der Waals surface area (Å²) in [6.45, 7) is 1.95. The summed E-state index contributed by atoms with van der Waals surface area (Å²) < 4.78 is 6.66. The number of nitrogens with one attached hydrogen (secondary N) is 2. The molecule has 0 unspecified atom stereocenters. The second-order valence-electron chi connectivity index (χ2n) is 10.3. The predicted octanol–water partition coefficient (Wildman–Crippen LogP) is 4.69. The SMILES string of the molecule is C[N+]1(C)CCC(OC(=O)Nc2ccc(CCC(=O)Nc3ccc(C(=O)[O-])cc3)cc2-c2ccccc2)CC1.I.